The summed E-state index contributed by atoms with van der Waals surface area (Å²) in [4.78, 5) is 23.2. The van der Waals surface area contributed by atoms with Gasteiger partial charge in [0.05, 0.1) is 18.4 Å². The van der Waals surface area contributed by atoms with E-state index in [1.165, 1.54) is 0 Å². The fourth-order valence-electron chi connectivity index (χ4n) is 2.83. The van der Waals surface area contributed by atoms with Crippen LogP contribution in [0.25, 0.3) is 0 Å². The molecule has 0 spiro atoms. The fourth-order valence-corrected chi connectivity index (χ4v) is 2.83. The lowest BCUT2D eigenvalue weighted by Gasteiger charge is -2.18. The molecule has 3 N–H and O–H groups in total. The van der Waals surface area contributed by atoms with Crippen molar-refractivity contribution in [3.05, 3.63) is 0 Å². The fraction of sp³-hybridized carbons (Fsp3) is 0.846. The molecule has 102 valence electrons. The number of carbonyl (C=O) groups is 2. The van der Waals surface area contributed by atoms with Gasteiger partial charge in [-0.15, -0.1) is 0 Å². The molecule has 2 fully saturated rings. The number of carbonyl (C=O) groups excluding carboxylic acids is 1. The van der Waals surface area contributed by atoms with Gasteiger partial charge < -0.3 is 15.5 Å². The van der Waals surface area contributed by atoms with E-state index in [2.05, 4.69) is 5.32 Å². The Balaban J connectivity index is 1.89. The third-order valence-corrected chi connectivity index (χ3v) is 4.38. The molecule has 0 heterocycles. The minimum atomic E-state index is -0.872. The van der Waals surface area contributed by atoms with E-state index in [-0.39, 0.29) is 23.8 Å². The van der Waals surface area contributed by atoms with Gasteiger partial charge in [0, 0.05) is 12.0 Å². The van der Waals surface area contributed by atoms with Crippen molar-refractivity contribution in [2.45, 2.75) is 32.6 Å². The Kier molecular flexibility index (Phi) is 3.61. The zero-order chi connectivity index (χ0) is 13.3. The van der Waals surface area contributed by atoms with E-state index in [9.17, 15) is 14.7 Å². The highest BCUT2D eigenvalue weighted by Crippen LogP contribution is 2.44. The first-order valence-corrected chi connectivity index (χ1v) is 6.59. The number of aliphatic hydroxyl groups excluding tert-OH is 1. The molecular weight excluding hydrogens is 234 g/mol. The summed E-state index contributed by atoms with van der Waals surface area (Å²) < 4.78 is 0. The van der Waals surface area contributed by atoms with E-state index in [0.29, 0.717) is 19.4 Å². The Morgan fingerprint density at radius 1 is 1.28 bits per heavy atom. The van der Waals surface area contributed by atoms with Gasteiger partial charge in [0.1, 0.15) is 0 Å². The van der Waals surface area contributed by atoms with Gasteiger partial charge in [0.25, 0.3) is 0 Å². The van der Waals surface area contributed by atoms with Gasteiger partial charge in [0.15, 0.2) is 0 Å². The molecular formula is C13H21NO4. The predicted octanol–water partition coefficient (Wildman–Crippen LogP) is 0.622. The second-order valence-corrected chi connectivity index (χ2v) is 6.00. The summed E-state index contributed by atoms with van der Waals surface area (Å²) >= 11 is 0. The van der Waals surface area contributed by atoms with E-state index in [0.717, 1.165) is 12.8 Å². The van der Waals surface area contributed by atoms with Gasteiger partial charge in [-0.1, -0.05) is 6.92 Å². The van der Waals surface area contributed by atoms with Crippen molar-refractivity contribution in [2.75, 3.05) is 13.2 Å². The summed E-state index contributed by atoms with van der Waals surface area (Å²) in [5.74, 6) is -1.71. The number of amides is 1. The van der Waals surface area contributed by atoms with Crippen LogP contribution in [0.1, 0.15) is 32.6 Å². The number of carboxylic acids is 1. The zero-order valence-electron chi connectivity index (χ0n) is 10.7. The summed E-state index contributed by atoms with van der Waals surface area (Å²) in [5, 5.41) is 21.1. The van der Waals surface area contributed by atoms with Crippen LogP contribution in [-0.4, -0.2) is 35.2 Å². The number of aliphatic carboxylic acids is 1. The molecule has 2 aliphatic rings. The predicted molar refractivity (Wildman–Crippen MR) is 64.8 cm³/mol. The maximum Gasteiger partial charge on any atom is 0.307 e. The first kappa shape index (κ1) is 13.3. The highest BCUT2D eigenvalue weighted by atomic mass is 16.4. The van der Waals surface area contributed by atoms with Crippen LogP contribution in [0.5, 0.6) is 0 Å². The summed E-state index contributed by atoms with van der Waals surface area (Å²) in [6.45, 7) is 2.55. The summed E-state index contributed by atoms with van der Waals surface area (Å²) in [5.41, 5.74) is -0.126. The van der Waals surface area contributed by atoms with E-state index in [1.807, 2.05) is 6.92 Å². The van der Waals surface area contributed by atoms with Crippen molar-refractivity contribution in [3.63, 3.8) is 0 Å². The van der Waals surface area contributed by atoms with E-state index >= 15 is 0 Å². The Morgan fingerprint density at radius 3 is 2.39 bits per heavy atom. The van der Waals surface area contributed by atoms with Gasteiger partial charge in [-0.3, -0.25) is 9.59 Å². The standard InChI is InChI=1S/C13H21NO4/c1-8-4-9(10(5-8)12(17)18)11(16)14-6-13(7-15)2-3-13/h8-10,15H,2-7H2,1H3,(H,14,16)(H,17,18). The molecule has 2 saturated carbocycles. The molecule has 0 aliphatic heterocycles. The highest BCUT2D eigenvalue weighted by Gasteiger charge is 2.44. The number of hydrogen-bond acceptors (Lipinski definition) is 3. The minimum absolute atomic E-state index is 0.0940. The SMILES string of the molecule is CC1CC(C(=O)O)C(C(=O)NCC2(CO)CC2)C1. The van der Waals surface area contributed by atoms with Crippen molar-refractivity contribution >= 4 is 11.9 Å². The maximum atomic E-state index is 12.0. The second-order valence-electron chi connectivity index (χ2n) is 6.00. The molecule has 3 atom stereocenters. The Labute approximate surface area is 107 Å². The topological polar surface area (TPSA) is 86.6 Å². The largest absolute Gasteiger partial charge is 0.481 e. The molecule has 0 saturated heterocycles. The molecule has 1 amide bonds. The van der Waals surface area contributed by atoms with E-state index in [4.69, 9.17) is 5.11 Å². The zero-order valence-corrected chi connectivity index (χ0v) is 10.7. The third-order valence-electron chi connectivity index (χ3n) is 4.38. The monoisotopic (exact) mass is 255 g/mol. The molecule has 5 heteroatoms. The smallest absolute Gasteiger partial charge is 0.307 e. The van der Waals surface area contributed by atoms with Crippen LogP contribution in [0.3, 0.4) is 0 Å². The van der Waals surface area contributed by atoms with Crippen LogP contribution >= 0.6 is 0 Å². The lowest BCUT2D eigenvalue weighted by Crippen LogP contribution is -2.39. The molecule has 0 bridgehead atoms. The maximum absolute atomic E-state index is 12.0. The summed E-state index contributed by atoms with van der Waals surface area (Å²) in [6, 6.07) is 0. The Hall–Kier alpha value is -1.10. The average Bonchev–Trinajstić information content (AvgIpc) is 3.01. The number of rotatable bonds is 5. The van der Waals surface area contributed by atoms with Crippen LogP contribution in [-0.2, 0) is 9.59 Å². The molecule has 0 aromatic heterocycles. The van der Waals surface area contributed by atoms with Crippen molar-refractivity contribution in [2.24, 2.45) is 23.2 Å². The van der Waals surface area contributed by atoms with Gasteiger partial charge in [-0.2, -0.15) is 0 Å². The Bertz CT molecular complexity index is 351. The first-order chi connectivity index (χ1) is 8.47. The number of nitrogens with one attached hydrogen (secondary N) is 1. The quantitative estimate of drug-likeness (QED) is 0.672. The van der Waals surface area contributed by atoms with E-state index < -0.39 is 17.8 Å². The van der Waals surface area contributed by atoms with Crippen LogP contribution in [0.15, 0.2) is 0 Å². The lowest BCUT2D eigenvalue weighted by atomic mass is 9.95. The Morgan fingerprint density at radius 2 is 1.89 bits per heavy atom. The molecule has 18 heavy (non-hydrogen) atoms. The van der Waals surface area contributed by atoms with Gasteiger partial charge >= 0.3 is 5.97 Å². The van der Waals surface area contributed by atoms with E-state index in [1.54, 1.807) is 0 Å². The van der Waals surface area contributed by atoms with Crippen molar-refractivity contribution in [1.29, 1.82) is 0 Å². The molecule has 2 aliphatic carbocycles. The third kappa shape index (κ3) is 2.66. The average molecular weight is 255 g/mol. The molecule has 0 radical (unpaired) electrons. The number of aliphatic hydroxyl groups is 1. The molecule has 0 aromatic rings. The normalized spacial score (nSPS) is 33.1. The first-order valence-electron chi connectivity index (χ1n) is 6.59. The number of hydrogen-bond donors (Lipinski definition) is 3. The molecule has 5 nitrogen and oxygen atoms in total. The van der Waals surface area contributed by atoms with Gasteiger partial charge in [-0.05, 0) is 31.6 Å². The van der Waals surface area contributed by atoms with Crippen LogP contribution in [0.2, 0.25) is 0 Å². The van der Waals surface area contributed by atoms with Gasteiger partial charge in [-0.25, -0.2) is 0 Å². The van der Waals surface area contributed by atoms with Crippen LogP contribution < -0.4 is 5.32 Å². The number of carboxylic acid groups (broad SMARTS) is 1. The van der Waals surface area contributed by atoms with Crippen molar-refractivity contribution in [3.8, 4) is 0 Å². The van der Waals surface area contributed by atoms with Crippen molar-refractivity contribution < 1.29 is 19.8 Å². The van der Waals surface area contributed by atoms with Gasteiger partial charge in [0.2, 0.25) is 5.91 Å². The lowest BCUT2D eigenvalue weighted by molar-refractivity contribution is -0.146. The molecule has 3 unspecified atom stereocenters. The minimum Gasteiger partial charge on any atom is -0.481 e. The summed E-state index contributed by atoms with van der Waals surface area (Å²) in [6.07, 6.45) is 3.11. The van der Waals surface area contributed by atoms with Crippen molar-refractivity contribution in [1.82, 2.24) is 5.32 Å². The van der Waals surface area contributed by atoms with Crippen LogP contribution in [0, 0.1) is 23.2 Å². The second kappa shape index (κ2) is 4.88. The van der Waals surface area contributed by atoms with Crippen LogP contribution in [0.4, 0.5) is 0 Å². The molecule has 2 rings (SSSR count). The summed E-state index contributed by atoms with van der Waals surface area (Å²) in [7, 11) is 0. The molecule has 0 aromatic carbocycles. The highest BCUT2D eigenvalue weighted by molar-refractivity contribution is 5.85.